The second kappa shape index (κ2) is 5.53. The van der Waals surface area contributed by atoms with Crippen molar-refractivity contribution in [3.63, 3.8) is 0 Å². The topological polar surface area (TPSA) is 47.0 Å². The van der Waals surface area contributed by atoms with Gasteiger partial charge in [-0.05, 0) is 24.1 Å². The van der Waals surface area contributed by atoms with Gasteiger partial charge in [0.1, 0.15) is 10.8 Å². The highest BCUT2D eigenvalue weighted by atomic mass is 32.1. The molecule has 1 aliphatic carbocycles. The zero-order valence-corrected chi connectivity index (χ0v) is 14.1. The first-order chi connectivity index (χ1) is 11.0. The number of rotatable bonds is 4. The summed E-state index contributed by atoms with van der Waals surface area (Å²) in [5, 5.41) is 13.9. The predicted octanol–water partition coefficient (Wildman–Crippen LogP) is 3.49. The van der Waals surface area contributed by atoms with Gasteiger partial charge in [0.2, 0.25) is 5.13 Å². The number of ether oxygens (including phenoxy) is 1. The molecule has 2 heterocycles. The molecule has 1 saturated carbocycles. The van der Waals surface area contributed by atoms with Gasteiger partial charge in [-0.3, -0.25) is 0 Å². The summed E-state index contributed by atoms with van der Waals surface area (Å²) in [6.45, 7) is 5.36. The van der Waals surface area contributed by atoms with Crippen molar-refractivity contribution in [2.45, 2.75) is 38.8 Å². The van der Waals surface area contributed by atoms with E-state index in [0.29, 0.717) is 24.5 Å². The Labute approximate surface area is 139 Å². The Morgan fingerprint density at radius 3 is 2.87 bits per heavy atom. The van der Waals surface area contributed by atoms with Crippen LogP contribution in [0.1, 0.15) is 30.8 Å². The first-order valence-corrected chi connectivity index (χ1v) is 8.80. The third-order valence-electron chi connectivity index (χ3n) is 5.11. The average Bonchev–Trinajstić information content (AvgIpc) is 3.15. The number of nitrogens with zero attached hydrogens (tertiary/aromatic N) is 2. The van der Waals surface area contributed by atoms with Gasteiger partial charge in [-0.2, -0.15) is 0 Å². The average molecular weight is 333 g/mol. The first-order valence-electron chi connectivity index (χ1n) is 7.99. The number of halogens is 1. The number of anilines is 1. The number of hydrogen-bond acceptors (Lipinski definition) is 5. The summed E-state index contributed by atoms with van der Waals surface area (Å²) in [4.78, 5) is 0. The van der Waals surface area contributed by atoms with Gasteiger partial charge < -0.3 is 10.1 Å². The minimum Gasteiger partial charge on any atom is -0.377 e. The normalized spacial score (nSPS) is 28.2. The van der Waals surface area contributed by atoms with Gasteiger partial charge in [0.15, 0.2) is 0 Å². The van der Waals surface area contributed by atoms with E-state index in [4.69, 9.17) is 4.74 Å². The van der Waals surface area contributed by atoms with Gasteiger partial charge >= 0.3 is 0 Å². The third-order valence-corrected chi connectivity index (χ3v) is 5.97. The Bertz CT molecular complexity index is 700. The van der Waals surface area contributed by atoms with Crippen LogP contribution in [0, 0.1) is 17.2 Å². The van der Waals surface area contributed by atoms with E-state index in [-0.39, 0.29) is 11.2 Å². The van der Waals surface area contributed by atoms with Crippen molar-refractivity contribution in [2.24, 2.45) is 11.3 Å². The number of nitrogens with one attached hydrogen (secondary N) is 1. The molecular weight excluding hydrogens is 313 g/mol. The van der Waals surface area contributed by atoms with E-state index < -0.39 is 0 Å². The zero-order chi connectivity index (χ0) is 16.0. The van der Waals surface area contributed by atoms with Crippen LogP contribution in [0.25, 0.3) is 0 Å². The van der Waals surface area contributed by atoms with Crippen molar-refractivity contribution in [1.82, 2.24) is 10.2 Å². The second-order valence-electron chi connectivity index (χ2n) is 6.99. The summed E-state index contributed by atoms with van der Waals surface area (Å²) >= 11 is 1.58. The van der Waals surface area contributed by atoms with Crippen LogP contribution in [0.3, 0.4) is 0 Å². The highest BCUT2D eigenvalue weighted by molar-refractivity contribution is 7.15. The highest BCUT2D eigenvalue weighted by Crippen LogP contribution is 2.53. The summed E-state index contributed by atoms with van der Waals surface area (Å²) in [5.41, 5.74) is 1.17. The molecule has 2 aliphatic rings. The van der Waals surface area contributed by atoms with Crippen molar-refractivity contribution in [3.8, 4) is 0 Å². The maximum absolute atomic E-state index is 13.0. The smallest absolute Gasteiger partial charge is 0.205 e. The van der Waals surface area contributed by atoms with E-state index in [9.17, 15) is 4.39 Å². The molecule has 122 valence electrons. The van der Waals surface area contributed by atoms with Crippen molar-refractivity contribution < 1.29 is 9.13 Å². The van der Waals surface area contributed by atoms with Gasteiger partial charge in [-0.25, -0.2) is 4.39 Å². The zero-order valence-electron chi connectivity index (χ0n) is 13.3. The van der Waals surface area contributed by atoms with Crippen LogP contribution in [-0.2, 0) is 11.2 Å². The van der Waals surface area contributed by atoms with E-state index in [0.717, 1.165) is 28.7 Å². The van der Waals surface area contributed by atoms with Crippen LogP contribution in [0.15, 0.2) is 24.3 Å². The highest BCUT2D eigenvalue weighted by Gasteiger charge is 2.59. The third kappa shape index (κ3) is 2.64. The number of benzene rings is 1. The minimum absolute atomic E-state index is 0.129. The van der Waals surface area contributed by atoms with E-state index in [1.54, 1.807) is 23.5 Å². The quantitative estimate of drug-likeness (QED) is 0.930. The molecule has 3 atom stereocenters. The Morgan fingerprint density at radius 1 is 1.30 bits per heavy atom. The fourth-order valence-electron chi connectivity index (χ4n) is 3.91. The van der Waals surface area contributed by atoms with Gasteiger partial charge in [0, 0.05) is 30.4 Å². The molecule has 1 N–H and O–H groups in total. The largest absolute Gasteiger partial charge is 0.377 e. The monoisotopic (exact) mass is 333 g/mol. The summed E-state index contributed by atoms with van der Waals surface area (Å²) in [6.07, 6.45) is 2.17. The molecule has 4 nitrogen and oxygen atoms in total. The lowest BCUT2D eigenvalue weighted by atomic mass is 9.57. The molecule has 2 aromatic rings. The number of fused-ring (bicyclic) bond motifs is 1. The maximum Gasteiger partial charge on any atom is 0.205 e. The number of aromatic nitrogens is 2. The number of hydrogen-bond donors (Lipinski definition) is 1. The molecular formula is C17H20FN3OS. The molecule has 0 spiro atoms. The lowest BCUT2D eigenvalue weighted by Crippen LogP contribution is -2.63. The van der Waals surface area contributed by atoms with Crippen molar-refractivity contribution in [3.05, 3.63) is 40.7 Å². The van der Waals surface area contributed by atoms with Crippen molar-refractivity contribution >= 4 is 16.5 Å². The molecule has 0 radical (unpaired) electrons. The summed E-state index contributed by atoms with van der Waals surface area (Å²) < 4.78 is 18.8. The lowest BCUT2D eigenvalue weighted by molar-refractivity contribution is -0.0923. The molecule has 6 heteroatoms. The van der Waals surface area contributed by atoms with E-state index >= 15 is 0 Å². The molecule has 2 fully saturated rings. The summed E-state index contributed by atoms with van der Waals surface area (Å²) in [7, 11) is 0. The Kier molecular flexibility index (Phi) is 3.61. The van der Waals surface area contributed by atoms with Gasteiger partial charge in [0.05, 0.1) is 6.10 Å². The van der Waals surface area contributed by atoms with Crippen LogP contribution in [0.5, 0.6) is 0 Å². The molecule has 4 rings (SSSR count). The van der Waals surface area contributed by atoms with Gasteiger partial charge in [-0.15, -0.1) is 10.2 Å². The van der Waals surface area contributed by atoms with Crippen LogP contribution < -0.4 is 5.32 Å². The van der Waals surface area contributed by atoms with Gasteiger partial charge in [0.25, 0.3) is 0 Å². The molecule has 23 heavy (non-hydrogen) atoms. The van der Waals surface area contributed by atoms with Crippen LogP contribution >= 0.6 is 11.3 Å². The molecule has 1 aromatic carbocycles. The first kappa shape index (κ1) is 15.0. The van der Waals surface area contributed by atoms with E-state index in [1.807, 2.05) is 0 Å². The van der Waals surface area contributed by atoms with Crippen LogP contribution in [0.2, 0.25) is 0 Å². The second-order valence-corrected chi connectivity index (χ2v) is 8.05. The summed E-state index contributed by atoms with van der Waals surface area (Å²) in [6, 6.07) is 6.93. The molecule has 0 amide bonds. The predicted molar refractivity (Wildman–Crippen MR) is 88.2 cm³/mol. The standard InChI is InChI=1S/C17H20FN3OS/c1-17(2)14(12-7-8-22-15(12)17)19-16-21-20-13(23-16)9-10-3-5-11(18)6-4-10/h3-6,12,14-15H,7-9H2,1-2H3,(H,19,21). The molecule has 1 aromatic heterocycles. The Balaban J connectivity index is 1.43. The van der Waals surface area contributed by atoms with E-state index in [1.165, 1.54) is 12.1 Å². The maximum atomic E-state index is 13.0. The fraction of sp³-hybridized carbons (Fsp3) is 0.529. The SMILES string of the molecule is CC1(C)C(Nc2nnc(Cc3ccc(F)cc3)s2)C2CCOC21. The van der Waals surface area contributed by atoms with Crippen LogP contribution in [-0.4, -0.2) is 29.0 Å². The van der Waals surface area contributed by atoms with Crippen molar-refractivity contribution in [1.29, 1.82) is 0 Å². The Morgan fingerprint density at radius 2 is 2.09 bits per heavy atom. The van der Waals surface area contributed by atoms with E-state index in [2.05, 4.69) is 29.4 Å². The minimum atomic E-state index is -0.214. The lowest BCUT2D eigenvalue weighted by Gasteiger charge is -2.54. The molecule has 0 bridgehead atoms. The van der Waals surface area contributed by atoms with Gasteiger partial charge in [-0.1, -0.05) is 37.3 Å². The fourth-order valence-corrected chi connectivity index (χ4v) is 4.72. The molecule has 1 aliphatic heterocycles. The molecule has 3 unspecified atom stereocenters. The Hall–Kier alpha value is -1.53. The molecule has 1 saturated heterocycles. The van der Waals surface area contributed by atoms with Crippen molar-refractivity contribution in [2.75, 3.05) is 11.9 Å². The summed E-state index contributed by atoms with van der Waals surface area (Å²) in [5.74, 6) is 0.364. The van der Waals surface area contributed by atoms with Crippen LogP contribution in [0.4, 0.5) is 9.52 Å².